The highest BCUT2D eigenvalue weighted by Crippen LogP contribution is 2.47. The smallest absolute Gasteiger partial charge is 0.272 e. The van der Waals surface area contributed by atoms with Crippen LogP contribution in [-0.2, 0) is 19.6 Å². The van der Waals surface area contributed by atoms with Crippen LogP contribution in [0.25, 0.3) is 0 Å². The van der Waals surface area contributed by atoms with Gasteiger partial charge in [-0.3, -0.25) is 4.68 Å². The van der Waals surface area contributed by atoms with Crippen LogP contribution in [0.1, 0.15) is 70.3 Å². The number of nitrogens with zero attached hydrogens (tertiary/aromatic N) is 2. The van der Waals surface area contributed by atoms with Crippen molar-refractivity contribution < 1.29 is 13.2 Å². The summed E-state index contributed by atoms with van der Waals surface area (Å²) >= 11 is 0. The average molecular weight is 278 g/mol. The van der Waals surface area contributed by atoms with Crippen LogP contribution in [0.4, 0.5) is 13.2 Å². The molecule has 1 saturated carbocycles. The normalized spacial score (nSPS) is 14.2. The van der Waals surface area contributed by atoms with E-state index in [-0.39, 0.29) is 5.92 Å². The summed E-state index contributed by atoms with van der Waals surface area (Å²) in [5, 5.41) is 3.61. The van der Waals surface area contributed by atoms with Gasteiger partial charge in [0.15, 0.2) is 5.69 Å². The lowest BCUT2D eigenvalue weighted by atomic mass is 10.1. The first-order valence-corrected chi connectivity index (χ1v) is 7.08. The molecule has 0 radical (unpaired) electrons. The standard InChI is InChI=1S/C10H13F3N2.2C2H6/c1-3-7-8(6-4-5-6)9(10(11,12)13)14-15(7)2;2*1-2/h6H,3-5H2,1-2H3;2*1-2H3. The van der Waals surface area contributed by atoms with Gasteiger partial charge >= 0.3 is 6.18 Å². The number of hydrogen-bond acceptors (Lipinski definition) is 1. The van der Waals surface area contributed by atoms with E-state index in [0.717, 1.165) is 18.5 Å². The summed E-state index contributed by atoms with van der Waals surface area (Å²) < 4.78 is 39.4. The molecule has 0 unspecified atom stereocenters. The summed E-state index contributed by atoms with van der Waals surface area (Å²) in [6, 6.07) is 0. The van der Waals surface area contributed by atoms with Crippen molar-refractivity contribution >= 4 is 0 Å². The molecule has 0 aliphatic heterocycles. The second-order valence-electron chi connectivity index (χ2n) is 3.96. The van der Waals surface area contributed by atoms with Gasteiger partial charge in [0, 0.05) is 18.3 Å². The number of halogens is 3. The van der Waals surface area contributed by atoms with Crippen molar-refractivity contribution in [3.63, 3.8) is 0 Å². The number of aromatic nitrogens is 2. The predicted octanol–water partition coefficient (Wildman–Crippen LogP) is 4.93. The third kappa shape index (κ3) is 4.25. The molecular weight excluding hydrogens is 253 g/mol. The first-order chi connectivity index (χ1) is 8.95. The maximum absolute atomic E-state index is 12.7. The number of aryl methyl sites for hydroxylation is 1. The molecule has 112 valence electrons. The molecule has 0 atom stereocenters. The van der Waals surface area contributed by atoms with Crippen molar-refractivity contribution in [3.05, 3.63) is 17.0 Å². The highest BCUT2D eigenvalue weighted by molar-refractivity contribution is 5.35. The predicted molar refractivity (Wildman–Crippen MR) is 72.3 cm³/mol. The zero-order valence-electron chi connectivity index (χ0n) is 12.7. The fourth-order valence-corrected chi connectivity index (χ4v) is 2.00. The van der Waals surface area contributed by atoms with E-state index in [1.807, 2.05) is 34.6 Å². The molecule has 2 nitrogen and oxygen atoms in total. The van der Waals surface area contributed by atoms with Crippen molar-refractivity contribution in [1.82, 2.24) is 9.78 Å². The van der Waals surface area contributed by atoms with Gasteiger partial charge in [-0.1, -0.05) is 34.6 Å². The molecule has 5 heteroatoms. The fraction of sp³-hybridized carbons (Fsp3) is 0.786. The van der Waals surface area contributed by atoms with Gasteiger partial charge in [0.1, 0.15) is 0 Å². The topological polar surface area (TPSA) is 17.8 Å². The second kappa shape index (κ2) is 7.56. The SMILES string of the molecule is CC.CC.CCc1c(C2CC2)c(C(F)(F)F)nn1C. The Kier molecular flexibility index (Phi) is 7.16. The Bertz CT molecular complexity index is 377. The van der Waals surface area contributed by atoms with Crippen molar-refractivity contribution in [2.24, 2.45) is 7.05 Å². The van der Waals surface area contributed by atoms with E-state index in [1.54, 1.807) is 7.05 Å². The summed E-state index contributed by atoms with van der Waals surface area (Å²) in [6.07, 6.45) is -1.99. The quantitative estimate of drug-likeness (QED) is 0.750. The van der Waals surface area contributed by atoms with Crippen molar-refractivity contribution in [2.75, 3.05) is 0 Å². The minimum Gasteiger partial charge on any atom is -0.272 e. The third-order valence-corrected chi connectivity index (χ3v) is 2.80. The molecule has 0 aromatic carbocycles. The lowest BCUT2D eigenvalue weighted by Crippen LogP contribution is -2.09. The lowest BCUT2D eigenvalue weighted by Gasteiger charge is -2.06. The summed E-state index contributed by atoms with van der Waals surface area (Å²) in [4.78, 5) is 0. The number of hydrogen-bond donors (Lipinski definition) is 0. The number of rotatable bonds is 2. The van der Waals surface area contributed by atoms with Crippen LogP contribution < -0.4 is 0 Å². The van der Waals surface area contributed by atoms with E-state index in [0.29, 0.717) is 12.0 Å². The fourth-order valence-electron chi connectivity index (χ4n) is 2.00. The van der Waals surface area contributed by atoms with Crippen LogP contribution in [0, 0.1) is 0 Å². The Balaban J connectivity index is 0.000000741. The molecular formula is C14H25F3N2. The number of alkyl halides is 3. The monoisotopic (exact) mass is 278 g/mol. The minimum absolute atomic E-state index is 0.0882. The molecule has 1 fully saturated rings. The molecule has 19 heavy (non-hydrogen) atoms. The molecule has 1 aliphatic rings. The minimum atomic E-state index is -4.32. The van der Waals surface area contributed by atoms with Gasteiger partial charge in [0.2, 0.25) is 0 Å². The first-order valence-electron chi connectivity index (χ1n) is 7.08. The van der Waals surface area contributed by atoms with Crippen LogP contribution in [0.2, 0.25) is 0 Å². The Morgan fingerprint density at radius 2 is 1.63 bits per heavy atom. The molecule has 0 saturated heterocycles. The first kappa shape index (κ1) is 18.0. The van der Waals surface area contributed by atoms with Gasteiger partial charge in [-0.15, -0.1) is 0 Å². The Morgan fingerprint density at radius 1 is 1.16 bits per heavy atom. The molecule has 0 amide bonds. The van der Waals surface area contributed by atoms with Gasteiger partial charge in [-0.2, -0.15) is 18.3 Å². The van der Waals surface area contributed by atoms with Crippen LogP contribution in [-0.4, -0.2) is 9.78 Å². The molecule has 2 rings (SSSR count). The van der Waals surface area contributed by atoms with E-state index >= 15 is 0 Å². The maximum atomic E-state index is 12.7. The van der Waals surface area contributed by atoms with E-state index in [4.69, 9.17) is 0 Å². The highest BCUT2D eigenvalue weighted by Gasteiger charge is 2.43. The van der Waals surface area contributed by atoms with E-state index in [1.165, 1.54) is 4.68 Å². The molecule has 0 bridgehead atoms. The largest absolute Gasteiger partial charge is 0.435 e. The van der Waals surface area contributed by atoms with E-state index in [9.17, 15) is 13.2 Å². The molecule has 1 heterocycles. The Hall–Kier alpha value is -1.00. The van der Waals surface area contributed by atoms with Crippen LogP contribution in [0.5, 0.6) is 0 Å². The van der Waals surface area contributed by atoms with Crippen LogP contribution in [0.3, 0.4) is 0 Å². The maximum Gasteiger partial charge on any atom is 0.435 e. The van der Waals surface area contributed by atoms with Crippen LogP contribution in [0.15, 0.2) is 0 Å². The Labute approximate surface area is 114 Å². The van der Waals surface area contributed by atoms with Crippen molar-refractivity contribution in [2.45, 2.75) is 66.0 Å². The van der Waals surface area contributed by atoms with Gasteiger partial charge < -0.3 is 0 Å². The van der Waals surface area contributed by atoms with Gasteiger partial charge in [-0.05, 0) is 25.2 Å². The zero-order valence-corrected chi connectivity index (χ0v) is 12.7. The zero-order chi connectivity index (χ0) is 15.2. The molecule has 0 spiro atoms. The van der Waals surface area contributed by atoms with Crippen molar-refractivity contribution in [3.8, 4) is 0 Å². The Morgan fingerprint density at radius 3 is 1.95 bits per heavy atom. The molecule has 0 N–H and O–H groups in total. The van der Waals surface area contributed by atoms with Gasteiger partial charge in [0.25, 0.3) is 0 Å². The molecule has 1 aromatic rings. The highest BCUT2D eigenvalue weighted by atomic mass is 19.4. The average Bonchev–Trinajstić information content (AvgIpc) is 3.16. The lowest BCUT2D eigenvalue weighted by molar-refractivity contribution is -0.142. The summed E-state index contributed by atoms with van der Waals surface area (Å²) in [6.45, 7) is 9.86. The summed E-state index contributed by atoms with van der Waals surface area (Å²) in [5.74, 6) is 0.0882. The van der Waals surface area contributed by atoms with Gasteiger partial charge in [-0.25, -0.2) is 0 Å². The van der Waals surface area contributed by atoms with Crippen LogP contribution >= 0.6 is 0 Å². The third-order valence-electron chi connectivity index (χ3n) is 2.80. The molecule has 1 aliphatic carbocycles. The van der Waals surface area contributed by atoms with Gasteiger partial charge in [0.05, 0.1) is 0 Å². The molecule has 1 aromatic heterocycles. The van der Waals surface area contributed by atoms with E-state index < -0.39 is 11.9 Å². The second-order valence-corrected chi connectivity index (χ2v) is 3.96. The van der Waals surface area contributed by atoms with E-state index in [2.05, 4.69) is 5.10 Å². The summed E-state index contributed by atoms with van der Waals surface area (Å²) in [5.41, 5.74) is 0.488. The summed E-state index contributed by atoms with van der Waals surface area (Å²) in [7, 11) is 1.58. The van der Waals surface area contributed by atoms with Crippen molar-refractivity contribution in [1.29, 1.82) is 0 Å².